The topological polar surface area (TPSA) is 107 Å². The summed E-state index contributed by atoms with van der Waals surface area (Å²) in [4.78, 5) is 5.31. The van der Waals surface area contributed by atoms with Gasteiger partial charge in [0.25, 0.3) is 10.0 Å². The lowest BCUT2D eigenvalue weighted by atomic mass is 9.74. The Morgan fingerprint density at radius 1 is 1.00 bits per heavy atom. The van der Waals surface area contributed by atoms with Gasteiger partial charge in [0.1, 0.15) is 0 Å². The van der Waals surface area contributed by atoms with Gasteiger partial charge in [-0.2, -0.15) is 15.5 Å². The highest BCUT2D eigenvalue weighted by Crippen LogP contribution is 2.46. The van der Waals surface area contributed by atoms with Crippen LogP contribution in [0.5, 0.6) is 0 Å². The van der Waals surface area contributed by atoms with Crippen LogP contribution >= 0.6 is 0 Å². The summed E-state index contributed by atoms with van der Waals surface area (Å²) in [7, 11) is -3.76. The van der Waals surface area contributed by atoms with Crippen molar-refractivity contribution in [2.24, 2.45) is 21.1 Å². The fourth-order valence-corrected chi connectivity index (χ4v) is 6.31. The SMILES string of the molecule is CC(C)(C#N)c1ccc(C2=CC34N=NCC3C=CC=C4N=C2c2cccc(NS(=O)(=O)c3ccccc3)c2)cc1. The summed E-state index contributed by atoms with van der Waals surface area (Å²) >= 11 is 0. The molecule has 0 saturated heterocycles. The van der Waals surface area contributed by atoms with Crippen LogP contribution in [0.25, 0.3) is 5.57 Å². The van der Waals surface area contributed by atoms with Gasteiger partial charge in [-0.1, -0.05) is 66.7 Å². The lowest BCUT2D eigenvalue weighted by Crippen LogP contribution is -2.37. The Bertz CT molecular complexity index is 1790. The third kappa shape index (κ3) is 4.38. The molecule has 8 heteroatoms. The maximum Gasteiger partial charge on any atom is 0.261 e. The Balaban J connectivity index is 1.44. The van der Waals surface area contributed by atoms with E-state index in [0.29, 0.717) is 17.9 Å². The van der Waals surface area contributed by atoms with Crippen molar-refractivity contribution in [3.63, 3.8) is 0 Å². The molecule has 2 aliphatic heterocycles. The lowest BCUT2D eigenvalue weighted by Gasteiger charge is -2.34. The molecule has 40 heavy (non-hydrogen) atoms. The zero-order valence-electron chi connectivity index (χ0n) is 22.1. The van der Waals surface area contributed by atoms with Crippen molar-refractivity contribution in [3.8, 4) is 6.07 Å². The monoisotopic (exact) mass is 545 g/mol. The molecule has 1 spiro atoms. The number of hydrogen-bond donors (Lipinski definition) is 1. The highest BCUT2D eigenvalue weighted by molar-refractivity contribution is 7.92. The second-order valence-electron chi connectivity index (χ2n) is 10.6. The Kier molecular flexibility index (Phi) is 6.12. The molecular formula is C32H27N5O2S. The first-order valence-corrected chi connectivity index (χ1v) is 14.5. The maximum absolute atomic E-state index is 13.0. The summed E-state index contributed by atoms with van der Waals surface area (Å²) in [6.07, 6.45) is 8.22. The van der Waals surface area contributed by atoms with Gasteiger partial charge in [0.15, 0.2) is 5.54 Å². The number of nitrogens with one attached hydrogen (secondary N) is 1. The minimum absolute atomic E-state index is 0.0774. The summed E-state index contributed by atoms with van der Waals surface area (Å²) in [6, 6.07) is 25.8. The van der Waals surface area contributed by atoms with E-state index in [0.717, 1.165) is 28.0 Å². The summed E-state index contributed by atoms with van der Waals surface area (Å²) < 4.78 is 28.7. The Hall–Kier alpha value is -4.61. The number of allylic oxidation sites excluding steroid dienone is 3. The number of dihydropyridines is 1. The molecule has 2 atom stereocenters. The second-order valence-corrected chi connectivity index (χ2v) is 12.3. The van der Waals surface area contributed by atoms with E-state index >= 15 is 0 Å². The van der Waals surface area contributed by atoms with E-state index in [1.54, 1.807) is 42.5 Å². The first-order valence-electron chi connectivity index (χ1n) is 13.0. The summed E-state index contributed by atoms with van der Waals surface area (Å²) in [6.45, 7) is 4.38. The van der Waals surface area contributed by atoms with Crippen molar-refractivity contribution in [3.05, 3.63) is 126 Å². The van der Waals surface area contributed by atoms with Gasteiger partial charge in [-0.05, 0) is 61.4 Å². The molecule has 0 amide bonds. The number of rotatable bonds is 6. The molecule has 3 aromatic rings. The molecule has 6 rings (SSSR count). The molecule has 0 saturated carbocycles. The quantitative estimate of drug-likeness (QED) is 0.385. The number of hydrogen-bond acceptors (Lipinski definition) is 6. The smallest absolute Gasteiger partial charge is 0.261 e. The second kappa shape index (κ2) is 9.54. The largest absolute Gasteiger partial charge is 0.280 e. The molecule has 3 aromatic carbocycles. The standard InChI is InChI=1S/C32H27N5O2S/c1-31(2,21-33)24-16-14-22(15-17-24)28-19-32-25(20-34-37-32)9-7-13-29(32)35-30(28)23-8-6-10-26(18-23)36-40(38,39)27-11-4-3-5-12-27/h3-19,25,36H,20H2,1-2H3. The summed E-state index contributed by atoms with van der Waals surface area (Å²) in [5.74, 6) is 0.0774. The van der Waals surface area contributed by atoms with E-state index in [-0.39, 0.29) is 10.8 Å². The molecule has 0 radical (unpaired) electrons. The average Bonchev–Trinajstić information content (AvgIpc) is 3.39. The number of benzene rings is 3. The van der Waals surface area contributed by atoms with E-state index in [9.17, 15) is 13.7 Å². The van der Waals surface area contributed by atoms with Crippen molar-refractivity contribution >= 4 is 27.0 Å². The van der Waals surface area contributed by atoms with Gasteiger partial charge in [-0.25, -0.2) is 13.4 Å². The summed E-state index contributed by atoms with van der Waals surface area (Å²) in [5.41, 5.74) is 4.14. The fourth-order valence-electron chi connectivity index (χ4n) is 5.24. The number of aliphatic imine (C=N–C) groups is 1. The number of sulfonamides is 1. The molecule has 0 bridgehead atoms. The van der Waals surface area contributed by atoms with E-state index in [2.05, 4.69) is 33.2 Å². The third-order valence-electron chi connectivity index (χ3n) is 7.58. The number of azo groups is 1. The van der Waals surface area contributed by atoms with Crippen LogP contribution in [-0.4, -0.2) is 26.2 Å². The van der Waals surface area contributed by atoms with E-state index < -0.39 is 21.0 Å². The molecule has 0 fully saturated rings. The summed E-state index contributed by atoms with van der Waals surface area (Å²) in [5, 5.41) is 18.7. The van der Waals surface area contributed by atoms with Crippen LogP contribution in [0.15, 0.2) is 129 Å². The van der Waals surface area contributed by atoms with Crippen molar-refractivity contribution in [2.45, 2.75) is 29.7 Å². The van der Waals surface area contributed by atoms with Crippen molar-refractivity contribution in [1.82, 2.24) is 0 Å². The van der Waals surface area contributed by atoms with Crippen LogP contribution in [0.3, 0.4) is 0 Å². The third-order valence-corrected chi connectivity index (χ3v) is 8.98. The van der Waals surface area contributed by atoms with Crippen molar-refractivity contribution < 1.29 is 8.42 Å². The maximum atomic E-state index is 13.0. The minimum atomic E-state index is -3.76. The first-order chi connectivity index (χ1) is 19.2. The number of nitrogens with zero attached hydrogens (tertiary/aromatic N) is 4. The molecule has 198 valence electrons. The van der Waals surface area contributed by atoms with Gasteiger partial charge in [0.2, 0.25) is 0 Å². The first kappa shape index (κ1) is 25.7. The van der Waals surface area contributed by atoms with Crippen molar-refractivity contribution in [2.75, 3.05) is 11.3 Å². The van der Waals surface area contributed by atoms with E-state index in [4.69, 9.17) is 4.99 Å². The molecule has 3 aliphatic rings. The molecule has 7 nitrogen and oxygen atoms in total. The fraction of sp³-hybridized carbons (Fsp3) is 0.188. The van der Waals surface area contributed by atoms with Crippen LogP contribution in [-0.2, 0) is 15.4 Å². The molecule has 2 unspecified atom stereocenters. The molecular weight excluding hydrogens is 518 g/mol. The lowest BCUT2D eigenvalue weighted by molar-refractivity contribution is 0.507. The normalized spacial score (nSPS) is 21.4. The van der Waals surface area contributed by atoms with Gasteiger partial charge in [-0.15, -0.1) is 0 Å². The molecule has 0 aromatic heterocycles. The Labute approximate surface area is 234 Å². The predicted octanol–water partition coefficient (Wildman–Crippen LogP) is 6.45. The van der Waals surface area contributed by atoms with Crippen LogP contribution in [0.4, 0.5) is 5.69 Å². The highest BCUT2D eigenvalue weighted by atomic mass is 32.2. The van der Waals surface area contributed by atoms with Gasteiger partial charge in [0, 0.05) is 22.7 Å². The highest BCUT2D eigenvalue weighted by Gasteiger charge is 2.47. The van der Waals surface area contributed by atoms with Crippen LogP contribution in [0, 0.1) is 17.2 Å². The number of nitriles is 1. The van der Waals surface area contributed by atoms with Gasteiger partial charge in [-0.3, -0.25) is 4.72 Å². The average molecular weight is 546 g/mol. The number of anilines is 1. The van der Waals surface area contributed by atoms with E-state index in [1.165, 1.54) is 0 Å². The van der Waals surface area contributed by atoms with Crippen molar-refractivity contribution in [1.29, 1.82) is 5.26 Å². The Morgan fingerprint density at radius 2 is 1.77 bits per heavy atom. The van der Waals surface area contributed by atoms with E-state index in [1.807, 2.05) is 62.4 Å². The zero-order valence-corrected chi connectivity index (χ0v) is 22.9. The van der Waals surface area contributed by atoms with Gasteiger partial charge >= 0.3 is 0 Å². The molecule has 2 heterocycles. The minimum Gasteiger partial charge on any atom is -0.280 e. The Morgan fingerprint density at radius 3 is 2.52 bits per heavy atom. The van der Waals surface area contributed by atoms with Gasteiger partial charge in [0.05, 0.1) is 34.3 Å². The van der Waals surface area contributed by atoms with Crippen LogP contribution < -0.4 is 4.72 Å². The molecule has 1 aliphatic carbocycles. The predicted molar refractivity (Wildman–Crippen MR) is 156 cm³/mol. The van der Waals surface area contributed by atoms with Gasteiger partial charge < -0.3 is 0 Å². The van der Waals surface area contributed by atoms with Crippen LogP contribution in [0.2, 0.25) is 0 Å². The molecule has 1 N–H and O–H groups in total. The zero-order chi connectivity index (χ0) is 28.0. The van der Waals surface area contributed by atoms with Crippen LogP contribution in [0.1, 0.15) is 30.5 Å².